The van der Waals surface area contributed by atoms with Gasteiger partial charge in [-0.15, -0.1) is 0 Å². The highest BCUT2D eigenvalue weighted by Gasteiger charge is 2.12. The van der Waals surface area contributed by atoms with Gasteiger partial charge in [0.1, 0.15) is 11.6 Å². The maximum atomic E-state index is 12.1. The average molecular weight is 294 g/mol. The van der Waals surface area contributed by atoms with E-state index in [-0.39, 0.29) is 5.91 Å². The molecule has 0 aliphatic rings. The van der Waals surface area contributed by atoms with Gasteiger partial charge in [-0.3, -0.25) is 4.79 Å². The van der Waals surface area contributed by atoms with E-state index in [9.17, 15) is 4.79 Å². The van der Waals surface area contributed by atoms with Crippen LogP contribution in [-0.4, -0.2) is 29.5 Å². The fourth-order valence-electron chi connectivity index (χ4n) is 1.85. The number of methoxy groups -OCH3 is 1. The molecular weight excluding hydrogens is 278 g/mol. The summed E-state index contributed by atoms with van der Waals surface area (Å²) < 4.78 is 5.15. The summed E-state index contributed by atoms with van der Waals surface area (Å²) in [4.78, 5) is 19.2. The molecule has 0 radical (unpaired) electrons. The third kappa shape index (κ3) is 3.74. The van der Waals surface area contributed by atoms with Crippen molar-refractivity contribution in [2.75, 3.05) is 13.7 Å². The minimum absolute atomic E-state index is 0.191. The number of aryl methyl sites for hydroxylation is 1. The molecule has 5 nitrogen and oxygen atoms in total. The molecular formula is C14H16ClN3O2. The number of carbonyl (C=O) groups is 1. The first-order valence-electron chi connectivity index (χ1n) is 6.30. The van der Waals surface area contributed by atoms with Crippen LogP contribution in [0, 0.1) is 0 Å². The molecule has 0 bridgehead atoms. The number of ether oxygens (including phenoxy) is 1. The van der Waals surface area contributed by atoms with Crippen LogP contribution in [0.3, 0.4) is 0 Å². The van der Waals surface area contributed by atoms with Crippen LogP contribution in [0.1, 0.15) is 22.6 Å². The molecule has 0 spiro atoms. The maximum absolute atomic E-state index is 12.1. The van der Waals surface area contributed by atoms with Crippen molar-refractivity contribution in [3.05, 3.63) is 47.0 Å². The van der Waals surface area contributed by atoms with Crippen molar-refractivity contribution < 1.29 is 9.53 Å². The molecule has 2 rings (SSSR count). The third-order valence-electron chi connectivity index (χ3n) is 2.84. The molecule has 0 unspecified atom stereocenters. The van der Waals surface area contributed by atoms with Gasteiger partial charge < -0.3 is 15.0 Å². The summed E-state index contributed by atoms with van der Waals surface area (Å²) in [5.74, 6) is 1.24. The Hall–Kier alpha value is -2.01. The van der Waals surface area contributed by atoms with Crippen LogP contribution >= 0.6 is 11.6 Å². The number of imidazole rings is 1. The number of H-pyrrole nitrogens is 1. The van der Waals surface area contributed by atoms with Crippen molar-refractivity contribution in [2.24, 2.45) is 0 Å². The lowest BCUT2D eigenvalue weighted by molar-refractivity contribution is 0.0950. The van der Waals surface area contributed by atoms with Crippen LogP contribution in [0.2, 0.25) is 5.02 Å². The molecule has 2 aromatic rings. The second kappa shape index (κ2) is 6.96. The van der Waals surface area contributed by atoms with Gasteiger partial charge in [-0.2, -0.15) is 0 Å². The quantitative estimate of drug-likeness (QED) is 0.804. The second-order valence-electron chi connectivity index (χ2n) is 4.24. The molecule has 106 valence electrons. The van der Waals surface area contributed by atoms with Crippen molar-refractivity contribution >= 4 is 17.5 Å². The predicted octanol–water partition coefficient (Wildman–Crippen LogP) is 2.43. The van der Waals surface area contributed by atoms with Crippen molar-refractivity contribution in [1.29, 1.82) is 0 Å². The standard InChI is InChI=1S/C14H16ClN3O2/c1-20-12-5-4-10(15)9-11(12)14(19)18-6-2-3-13-16-7-8-17-13/h4-5,7-9H,2-3,6H2,1H3,(H,16,17)(H,18,19). The lowest BCUT2D eigenvalue weighted by atomic mass is 10.2. The van der Waals surface area contributed by atoms with E-state index >= 15 is 0 Å². The molecule has 0 fully saturated rings. The monoisotopic (exact) mass is 293 g/mol. The zero-order chi connectivity index (χ0) is 14.4. The van der Waals surface area contributed by atoms with E-state index in [0.717, 1.165) is 18.7 Å². The largest absolute Gasteiger partial charge is 0.496 e. The summed E-state index contributed by atoms with van der Waals surface area (Å²) in [6.45, 7) is 0.565. The first kappa shape index (κ1) is 14.4. The molecule has 1 amide bonds. The third-order valence-corrected chi connectivity index (χ3v) is 3.07. The Morgan fingerprint density at radius 3 is 3.05 bits per heavy atom. The normalized spacial score (nSPS) is 10.3. The van der Waals surface area contributed by atoms with Crippen LogP contribution in [-0.2, 0) is 6.42 Å². The Labute approximate surface area is 122 Å². The Kier molecular flexibility index (Phi) is 5.01. The van der Waals surface area contributed by atoms with Crippen LogP contribution in [0.4, 0.5) is 0 Å². The topological polar surface area (TPSA) is 67.0 Å². The van der Waals surface area contributed by atoms with Gasteiger partial charge in [0.15, 0.2) is 0 Å². The fourth-order valence-corrected chi connectivity index (χ4v) is 2.02. The van der Waals surface area contributed by atoms with Crippen molar-refractivity contribution in [2.45, 2.75) is 12.8 Å². The van der Waals surface area contributed by atoms with E-state index in [4.69, 9.17) is 16.3 Å². The van der Waals surface area contributed by atoms with Crippen molar-refractivity contribution in [3.8, 4) is 5.75 Å². The highest BCUT2D eigenvalue weighted by molar-refractivity contribution is 6.31. The van der Waals surface area contributed by atoms with Crippen molar-refractivity contribution in [1.82, 2.24) is 15.3 Å². The van der Waals surface area contributed by atoms with Crippen molar-refractivity contribution in [3.63, 3.8) is 0 Å². The number of hydrogen-bond acceptors (Lipinski definition) is 3. The Morgan fingerprint density at radius 2 is 2.35 bits per heavy atom. The van der Waals surface area contributed by atoms with E-state index in [1.165, 1.54) is 7.11 Å². The Bertz CT molecular complexity index is 570. The smallest absolute Gasteiger partial charge is 0.255 e. The Balaban J connectivity index is 1.87. The minimum Gasteiger partial charge on any atom is -0.496 e. The molecule has 6 heteroatoms. The number of aromatic amines is 1. The predicted molar refractivity (Wildman–Crippen MR) is 77.2 cm³/mol. The van der Waals surface area contributed by atoms with Gasteiger partial charge in [0.05, 0.1) is 12.7 Å². The number of carbonyl (C=O) groups excluding carboxylic acids is 1. The van der Waals surface area contributed by atoms with Crippen LogP contribution in [0.5, 0.6) is 5.75 Å². The van der Waals surface area contributed by atoms with Gasteiger partial charge in [0, 0.05) is 30.4 Å². The minimum atomic E-state index is -0.191. The molecule has 20 heavy (non-hydrogen) atoms. The molecule has 0 saturated heterocycles. The van der Waals surface area contributed by atoms with E-state index < -0.39 is 0 Å². The first-order chi connectivity index (χ1) is 9.70. The van der Waals surface area contributed by atoms with Gasteiger partial charge in [-0.05, 0) is 24.6 Å². The van der Waals surface area contributed by atoms with Gasteiger partial charge in [0.2, 0.25) is 0 Å². The summed E-state index contributed by atoms with van der Waals surface area (Å²) in [7, 11) is 1.52. The molecule has 0 aliphatic heterocycles. The maximum Gasteiger partial charge on any atom is 0.255 e. The molecule has 1 aromatic carbocycles. The molecule has 1 heterocycles. The zero-order valence-electron chi connectivity index (χ0n) is 11.1. The van der Waals surface area contributed by atoms with E-state index in [0.29, 0.717) is 22.9 Å². The summed E-state index contributed by atoms with van der Waals surface area (Å²) in [6.07, 6.45) is 5.09. The van der Waals surface area contributed by atoms with Crippen LogP contribution in [0.25, 0.3) is 0 Å². The second-order valence-corrected chi connectivity index (χ2v) is 4.68. The highest BCUT2D eigenvalue weighted by atomic mass is 35.5. The Morgan fingerprint density at radius 1 is 1.50 bits per heavy atom. The van der Waals surface area contributed by atoms with E-state index in [1.54, 1.807) is 30.6 Å². The number of aromatic nitrogens is 2. The zero-order valence-corrected chi connectivity index (χ0v) is 11.9. The molecule has 1 aromatic heterocycles. The SMILES string of the molecule is COc1ccc(Cl)cc1C(=O)NCCCc1ncc[nH]1. The number of nitrogens with one attached hydrogen (secondary N) is 2. The average Bonchev–Trinajstić information content (AvgIpc) is 2.96. The number of amides is 1. The number of nitrogens with zero attached hydrogens (tertiary/aromatic N) is 1. The summed E-state index contributed by atoms with van der Waals surface area (Å²) in [6, 6.07) is 4.97. The molecule has 0 saturated carbocycles. The molecule has 0 aliphatic carbocycles. The lowest BCUT2D eigenvalue weighted by Crippen LogP contribution is -2.25. The first-order valence-corrected chi connectivity index (χ1v) is 6.68. The van der Waals surface area contributed by atoms with Gasteiger partial charge in [0.25, 0.3) is 5.91 Å². The number of halogens is 1. The summed E-state index contributed by atoms with van der Waals surface area (Å²) >= 11 is 5.90. The summed E-state index contributed by atoms with van der Waals surface area (Å²) in [5, 5.41) is 3.35. The summed E-state index contributed by atoms with van der Waals surface area (Å²) in [5.41, 5.74) is 0.443. The van der Waals surface area contributed by atoms with E-state index in [1.807, 2.05) is 0 Å². The fraction of sp³-hybridized carbons (Fsp3) is 0.286. The van der Waals surface area contributed by atoms with Gasteiger partial charge >= 0.3 is 0 Å². The van der Waals surface area contributed by atoms with Crippen LogP contribution < -0.4 is 10.1 Å². The highest BCUT2D eigenvalue weighted by Crippen LogP contribution is 2.22. The number of benzene rings is 1. The van der Waals surface area contributed by atoms with E-state index in [2.05, 4.69) is 15.3 Å². The van der Waals surface area contributed by atoms with Gasteiger partial charge in [-0.1, -0.05) is 11.6 Å². The van der Waals surface area contributed by atoms with Crippen LogP contribution in [0.15, 0.2) is 30.6 Å². The molecule has 2 N–H and O–H groups in total. The molecule has 0 atom stereocenters. The number of hydrogen-bond donors (Lipinski definition) is 2. The lowest BCUT2D eigenvalue weighted by Gasteiger charge is -2.09. The number of rotatable bonds is 6. The van der Waals surface area contributed by atoms with Gasteiger partial charge in [-0.25, -0.2) is 4.98 Å².